The highest BCUT2D eigenvalue weighted by Gasteiger charge is 2.13. The van der Waals surface area contributed by atoms with Crippen molar-refractivity contribution in [3.8, 4) is 5.88 Å². The van der Waals surface area contributed by atoms with Crippen LogP contribution >= 0.6 is 15.9 Å². The van der Waals surface area contributed by atoms with Gasteiger partial charge in [-0.05, 0) is 28.1 Å². The molecule has 21 heavy (non-hydrogen) atoms. The van der Waals surface area contributed by atoms with Gasteiger partial charge in [0.05, 0.1) is 12.0 Å². The van der Waals surface area contributed by atoms with Crippen LogP contribution in [0.5, 0.6) is 5.88 Å². The quantitative estimate of drug-likeness (QED) is 0.816. The van der Waals surface area contributed by atoms with Gasteiger partial charge in [0, 0.05) is 16.7 Å². The molecule has 0 bridgehead atoms. The molecule has 1 aromatic carbocycles. The second kappa shape index (κ2) is 5.94. The largest absolute Gasteiger partial charge is 0.568 e. The fraction of sp³-hybridized carbons (Fsp3) is 0.0833. The minimum absolute atomic E-state index is 0.0377. The van der Waals surface area contributed by atoms with Gasteiger partial charge >= 0.3 is 0 Å². The molecule has 0 atom stereocenters. The summed E-state index contributed by atoms with van der Waals surface area (Å²) in [5.41, 5.74) is -0.101. The Morgan fingerprint density at radius 2 is 2.00 bits per heavy atom. The van der Waals surface area contributed by atoms with Crippen molar-refractivity contribution in [2.24, 2.45) is 0 Å². The Labute approximate surface area is 128 Å². The second-order valence-corrected chi connectivity index (χ2v) is 6.31. The molecule has 0 spiro atoms. The van der Waals surface area contributed by atoms with E-state index >= 15 is 0 Å². The zero-order chi connectivity index (χ0) is 15.6. The molecule has 0 saturated heterocycles. The summed E-state index contributed by atoms with van der Waals surface area (Å²) in [6, 6.07) is 3.47. The lowest BCUT2D eigenvalue weighted by Gasteiger charge is -2.23. The summed E-state index contributed by atoms with van der Waals surface area (Å²) in [5.74, 6) is -2.14. The fourth-order valence-electron chi connectivity index (χ4n) is 1.50. The van der Waals surface area contributed by atoms with Gasteiger partial charge in [-0.25, -0.2) is 22.2 Å². The molecule has 0 aliphatic rings. The Balaban J connectivity index is 2.44. The third kappa shape index (κ3) is 3.48. The highest BCUT2D eigenvalue weighted by molar-refractivity contribution is 9.10. The molecule has 0 aliphatic heterocycles. The molecule has 5 nitrogen and oxygen atoms in total. The first-order chi connectivity index (χ1) is 9.83. The van der Waals surface area contributed by atoms with Crippen LogP contribution in [0.25, 0.3) is 4.72 Å². The molecule has 2 rings (SSSR count). The van der Waals surface area contributed by atoms with Gasteiger partial charge in [0.15, 0.2) is 5.88 Å². The van der Waals surface area contributed by atoms with Gasteiger partial charge in [-0.2, -0.15) is 0 Å². The van der Waals surface area contributed by atoms with Crippen molar-refractivity contribution in [2.45, 2.75) is 4.90 Å². The van der Waals surface area contributed by atoms with E-state index in [0.29, 0.717) is 10.5 Å². The number of halogens is 3. The summed E-state index contributed by atoms with van der Waals surface area (Å²) in [5, 5.41) is 0. The summed E-state index contributed by atoms with van der Waals surface area (Å²) in [6.07, 6.45) is 1.39. The molecule has 112 valence electrons. The Bertz CT molecular complexity index is 784. The summed E-state index contributed by atoms with van der Waals surface area (Å²) >= 11 is 3.12. The summed E-state index contributed by atoms with van der Waals surface area (Å²) in [6.45, 7) is 0. The highest BCUT2D eigenvalue weighted by Crippen LogP contribution is 2.36. The van der Waals surface area contributed by atoms with E-state index in [9.17, 15) is 17.2 Å². The van der Waals surface area contributed by atoms with Gasteiger partial charge in [-0.3, -0.25) is 0 Å². The molecule has 0 saturated carbocycles. The number of hydrogen-bond donors (Lipinski definition) is 0. The van der Waals surface area contributed by atoms with Crippen LogP contribution in [-0.2, 0) is 10.0 Å². The molecule has 1 heterocycles. The standard InChI is InChI=1S/C12H8BrF2N2O3S/c1-20-12-10(4-7(13)6-16-12)17-21(18,19)11-3-2-8(14)5-9(11)15/h2-6H,1H3/q-1. The van der Waals surface area contributed by atoms with Gasteiger partial charge < -0.3 is 9.46 Å². The van der Waals surface area contributed by atoms with Crippen LogP contribution in [0.15, 0.2) is 39.8 Å². The molecule has 0 aliphatic carbocycles. The number of aromatic nitrogens is 1. The van der Waals surface area contributed by atoms with Crippen LogP contribution in [-0.4, -0.2) is 20.5 Å². The van der Waals surface area contributed by atoms with Crippen LogP contribution in [0, 0.1) is 11.6 Å². The van der Waals surface area contributed by atoms with E-state index in [2.05, 4.69) is 25.6 Å². The van der Waals surface area contributed by atoms with Crippen molar-refractivity contribution in [2.75, 3.05) is 7.11 Å². The topological polar surface area (TPSA) is 70.4 Å². The predicted octanol–water partition coefficient (Wildman–Crippen LogP) is 3.53. The maximum Gasteiger partial charge on any atom is 0.198 e. The lowest BCUT2D eigenvalue weighted by atomic mass is 10.3. The van der Waals surface area contributed by atoms with Crippen LogP contribution < -0.4 is 4.74 Å². The predicted molar refractivity (Wildman–Crippen MR) is 75.1 cm³/mol. The third-order valence-electron chi connectivity index (χ3n) is 2.38. The normalized spacial score (nSPS) is 11.2. The zero-order valence-corrected chi connectivity index (χ0v) is 13.0. The van der Waals surface area contributed by atoms with E-state index < -0.39 is 26.6 Å². The van der Waals surface area contributed by atoms with Gasteiger partial charge in [0.1, 0.15) is 21.7 Å². The smallest absolute Gasteiger partial charge is 0.198 e. The Morgan fingerprint density at radius 3 is 2.62 bits per heavy atom. The Kier molecular flexibility index (Phi) is 4.43. The number of methoxy groups -OCH3 is 1. The monoisotopic (exact) mass is 377 g/mol. The number of benzene rings is 1. The molecule has 0 fully saturated rings. The van der Waals surface area contributed by atoms with Gasteiger partial charge in [0.25, 0.3) is 0 Å². The first-order valence-corrected chi connectivity index (χ1v) is 7.69. The molecule has 0 radical (unpaired) electrons. The summed E-state index contributed by atoms with van der Waals surface area (Å²) in [4.78, 5) is 3.10. The molecule has 0 unspecified atom stereocenters. The fourth-order valence-corrected chi connectivity index (χ4v) is 2.85. The summed E-state index contributed by atoms with van der Waals surface area (Å²) < 4.78 is 59.4. The highest BCUT2D eigenvalue weighted by atomic mass is 79.9. The zero-order valence-electron chi connectivity index (χ0n) is 10.5. The van der Waals surface area contributed by atoms with E-state index in [-0.39, 0.29) is 11.6 Å². The van der Waals surface area contributed by atoms with Crippen LogP contribution in [0.2, 0.25) is 0 Å². The summed E-state index contributed by atoms with van der Waals surface area (Å²) in [7, 11) is -3.08. The lowest BCUT2D eigenvalue weighted by Crippen LogP contribution is -2.02. The van der Waals surface area contributed by atoms with E-state index in [1.165, 1.54) is 19.4 Å². The van der Waals surface area contributed by atoms with Crippen LogP contribution in [0.1, 0.15) is 0 Å². The lowest BCUT2D eigenvalue weighted by molar-refractivity contribution is 0.400. The van der Waals surface area contributed by atoms with Crippen molar-refractivity contribution < 1.29 is 21.9 Å². The molecule has 0 N–H and O–H groups in total. The number of pyridine rings is 1. The van der Waals surface area contributed by atoms with Crippen molar-refractivity contribution >= 4 is 31.6 Å². The van der Waals surface area contributed by atoms with Crippen molar-refractivity contribution in [3.05, 3.63) is 51.3 Å². The number of ether oxygens (including phenoxy) is 1. The van der Waals surface area contributed by atoms with Crippen molar-refractivity contribution in [3.63, 3.8) is 0 Å². The van der Waals surface area contributed by atoms with Crippen LogP contribution in [0.4, 0.5) is 14.5 Å². The number of sulfonamides is 1. The van der Waals surface area contributed by atoms with Gasteiger partial charge in [-0.15, -0.1) is 0 Å². The number of hydrogen-bond acceptors (Lipinski definition) is 4. The van der Waals surface area contributed by atoms with E-state index in [1.807, 2.05) is 0 Å². The second-order valence-electron chi connectivity index (χ2n) is 3.82. The molecule has 1 aromatic heterocycles. The minimum Gasteiger partial charge on any atom is -0.568 e. The average Bonchev–Trinajstić information content (AvgIpc) is 2.37. The molecular weight excluding hydrogens is 370 g/mol. The minimum atomic E-state index is -4.37. The van der Waals surface area contributed by atoms with Crippen LogP contribution in [0.3, 0.4) is 0 Å². The Hall–Kier alpha value is -1.74. The van der Waals surface area contributed by atoms with Gasteiger partial charge in [0.2, 0.25) is 0 Å². The molecule has 0 amide bonds. The van der Waals surface area contributed by atoms with E-state index in [0.717, 1.165) is 12.1 Å². The van der Waals surface area contributed by atoms with E-state index in [1.54, 1.807) is 0 Å². The van der Waals surface area contributed by atoms with Crippen molar-refractivity contribution in [1.29, 1.82) is 0 Å². The number of rotatable bonds is 4. The molecule has 2 aromatic rings. The first kappa shape index (κ1) is 15.6. The first-order valence-electron chi connectivity index (χ1n) is 5.46. The molecule has 9 heteroatoms. The average molecular weight is 378 g/mol. The SMILES string of the molecule is COc1ncc(Br)cc1[N-]S(=O)(=O)c1ccc(F)cc1F. The number of nitrogens with zero attached hydrogens (tertiary/aromatic N) is 2. The maximum absolute atomic E-state index is 13.6. The Morgan fingerprint density at radius 1 is 1.29 bits per heavy atom. The van der Waals surface area contributed by atoms with E-state index in [4.69, 9.17) is 4.74 Å². The van der Waals surface area contributed by atoms with Crippen molar-refractivity contribution in [1.82, 2.24) is 4.98 Å². The third-order valence-corrected chi connectivity index (χ3v) is 4.14. The van der Waals surface area contributed by atoms with Gasteiger partial charge in [-0.1, -0.05) is 11.8 Å². The molecular formula is C12H8BrF2N2O3S-. The maximum atomic E-state index is 13.6.